The highest BCUT2D eigenvalue weighted by molar-refractivity contribution is 6.00. The molecular weight excluding hydrogens is 436 g/mol. The summed E-state index contributed by atoms with van der Waals surface area (Å²) in [5.74, 6) is 0.0206. The standard InChI is InChI=1S/C29H32N4O2/c30-28(31)24-15-17-26(18-16-24)32-27(34)20-33(19-21-7-3-1-4-8-21)29(35)25-13-11-23(12-14-25)22-9-5-2-6-10-22/h2,5-6,9-18,21H,1,3-4,7-8,19-20H2,(H3,30,31)(H,32,34). The van der Waals surface area contributed by atoms with Crippen molar-refractivity contribution in [3.05, 3.63) is 90.0 Å². The van der Waals surface area contributed by atoms with Crippen LogP contribution in [0.25, 0.3) is 11.1 Å². The van der Waals surface area contributed by atoms with Crippen molar-refractivity contribution in [2.45, 2.75) is 32.1 Å². The molecule has 0 atom stereocenters. The molecule has 3 aromatic rings. The lowest BCUT2D eigenvalue weighted by Gasteiger charge is -2.29. The summed E-state index contributed by atoms with van der Waals surface area (Å²) in [6, 6.07) is 24.5. The van der Waals surface area contributed by atoms with Crippen LogP contribution in [0.1, 0.15) is 48.0 Å². The van der Waals surface area contributed by atoms with Crippen LogP contribution in [0.4, 0.5) is 5.69 Å². The van der Waals surface area contributed by atoms with Gasteiger partial charge in [-0.2, -0.15) is 0 Å². The highest BCUT2D eigenvalue weighted by Crippen LogP contribution is 2.26. The van der Waals surface area contributed by atoms with E-state index in [1.807, 2.05) is 54.6 Å². The normalized spacial score (nSPS) is 13.7. The molecule has 0 bridgehead atoms. The van der Waals surface area contributed by atoms with Gasteiger partial charge >= 0.3 is 0 Å². The zero-order valence-corrected chi connectivity index (χ0v) is 19.9. The first kappa shape index (κ1) is 24.2. The second-order valence-electron chi connectivity index (χ2n) is 9.17. The number of nitrogens with two attached hydrogens (primary N) is 1. The second-order valence-corrected chi connectivity index (χ2v) is 9.17. The van der Waals surface area contributed by atoms with Gasteiger partial charge in [-0.15, -0.1) is 0 Å². The fourth-order valence-electron chi connectivity index (χ4n) is 4.63. The van der Waals surface area contributed by atoms with Crippen LogP contribution in [0.3, 0.4) is 0 Å². The van der Waals surface area contributed by atoms with Crippen LogP contribution >= 0.6 is 0 Å². The van der Waals surface area contributed by atoms with Gasteiger partial charge in [0.05, 0.1) is 0 Å². The molecule has 3 aromatic carbocycles. The van der Waals surface area contributed by atoms with Gasteiger partial charge in [-0.3, -0.25) is 15.0 Å². The minimum atomic E-state index is -0.245. The number of amides is 2. The molecule has 1 fully saturated rings. The maximum Gasteiger partial charge on any atom is 0.254 e. The molecule has 0 radical (unpaired) electrons. The first-order valence-electron chi connectivity index (χ1n) is 12.2. The fourth-order valence-corrected chi connectivity index (χ4v) is 4.63. The predicted octanol–water partition coefficient (Wildman–Crippen LogP) is 5.30. The Morgan fingerprint density at radius 1 is 0.829 bits per heavy atom. The van der Waals surface area contributed by atoms with Crippen LogP contribution < -0.4 is 11.1 Å². The molecule has 0 aromatic heterocycles. The van der Waals surface area contributed by atoms with Gasteiger partial charge < -0.3 is 16.0 Å². The summed E-state index contributed by atoms with van der Waals surface area (Å²) in [5.41, 5.74) is 9.43. The van der Waals surface area contributed by atoms with Gasteiger partial charge in [-0.05, 0) is 66.3 Å². The summed E-state index contributed by atoms with van der Waals surface area (Å²) in [5, 5.41) is 10.4. The molecule has 0 spiro atoms. The first-order valence-corrected chi connectivity index (χ1v) is 12.2. The third-order valence-electron chi connectivity index (χ3n) is 6.54. The zero-order valence-electron chi connectivity index (χ0n) is 19.9. The third-order valence-corrected chi connectivity index (χ3v) is 6.54. The summed E-state index contributed by atoms with van der Waals surface area (Å²) >= 11 is 0. The van der Waals surface area contributed by atoms with E-state index in [4.69, 9.17) is 11.1 Å². The Balaban J connectivity index is 1.47. The van der Waals surface area contributed by atoms with Crippen LogP contribution in [0.15, 0.2) is 78.9 Å². The molecule has 1 aliphatic rings. The quantitative estimate of drug-likeness (QED) is 0.309. The molecule has 6 nitrogen and oxygen atoms in total. The van der Waals surface area contributed by atoms with Crippen molar-refractivity contribution in [2.75, 3.05) is 18.4 Å². The SMILES string of the molecule is N=C(N)c1ccc(NC(=O)CN(CC2CCCCC2)C(=O)c2ccc(-c3ccccc3)cc2)cc1. The van der Waals surface area contributed by atoms with E-state index in [2.05, 4.69) is 5.32 Å². The number of amidine groups is 1. The van der Waals surface area contributed by atoms with Gasteiger partial charge in [0.1, 0.15) is 12.4 Å². The second kappa shape index (κ2) is 11.5. The van der Waals surface area contributed by atoms with E-state index in [1.165, 1.54) is 19.3 Å². The highest BCUT2D eigenvalue weighted by atomic mass is 16.2. The van der Waals surface area contributed by atoms with Crippen molar-refractivity contribution in [2.24, 2.45) is 11.7 Å². The maximum absolute atomic E-state index is 13.5. The number of anilines is 1. The highest BCUT2D eigenvalue weighted by Gasteiger charge is 2.24. The Morgan fingerprint density at radius 2 is 1.43 bits per heavy atom. The number of nitrogens with zero attached hydrogens (tertiary/aromatic N) is 1. The van der Waals surface area contributed by atoms with Crippen molar-refractivity contribution in [3.63, 3.8) is 0 Å². The van der Waals surface area contributed by atoms with E-state index in [-0.39, 0.29) is 24.2 Å². The van der Waals surface area contributed by atoms with Gasteiger partial charge in [-0.1, -0.05) is 61.7 Å². The average Bonchev–Trinajstić information content (AvgIpc) is 2.89. The van der Waals surface area contributed by atoms with Crippen molar-refractivity contribution in [3.8, 4) is 11.1 Å². The Labute approximate surface area is 206 Å². The predicted molar refractivity (Wildman–Crippen MR) is 140 cm³/mol. The molecule has 180 valence electrons. The Kier molecular flexibility index (Phi) is 7.93. The lowest BCUT2D eigenvalue weighted by molar-refractivity contribution is -0.117. The molecule has 4 N–H and O–H groups in total. The topological polar surface area (TPSA) is 99.3 Å². The molecule has 0 saturated heterocycles. The summed E-state index contributed by atoms with van der Waals surface area (Å²) in [7, 11) is 0. The van der Waals surface area contributed by atoms with E-state index in [9.17, 15) is 9.59 Å². The van der Waals surface area contributed by atoms with Gasteiger partial charge in [0.15, 0.2) is 0 Å². The lowest BCUT2D eigenvalue weighted by Crippen LogP contribution is -2.41. The maximum atomic E-state index is 13.5. The summed E-state index contributed by atoms with van der Waals surface area (Å²) in [6.45, 7) is 0.570. The number of rotatable bonds is 8. The number of benzene rings is 3. The summed E-state index contributed by atoms with van der Waals surface area (Å²) in [4.78, 5) is 28.1. The minimum absolute atomic E-state index is 0.00969. The fraction of sp³-hybridized carbons (Fsp3) is 0.276. The van der Waals surface area contributed by atoms with Crippen LogP contribution in [-0.4, -0.2) is 35.6 Å². The molecule has 0 heterocycles. The largest absolute Gasteiger partial charge is 0.384 e. The molecule has 4 rings (SSSR count). The number of nitrogens with one attached hydrogen (secondary N) is 2. The molecule has 0 unspecified atom stereocenters. The molecular formula is C29H32N4O2. The van der Waals surface area contributed by atoms with Crippen molar-refractivity contribution >= 4 is 23.3 Å². The van der Waals surface area contributed by atoms with E-state index in [1.54, 1.807) is 29.2 Å². The smallest absolute Gasteiger partial charge is 0.254 e. The monoisotopic (exact) mass is 468 g/mol. The van der Waals surface area contributed by atoms with Gasteiger partial charge in [0.2, 0.25) is 5.91 Å². The number of nitrogen functional groups attached to an aromatic ring is 1. The summed E-state index contributed by atoms with van der Waals surface area (Å²) in [6.07, 6.45) is 5.76. The van der Waals surface area contributed by atoms with Crippen LogP contribution in [0, 0.1) is 11.3 Å². The van der Waals surface area contributed by atoms with E-state index in [0.29, 0.717) is 29.3 Å². The van der Waals surface area contributed by atoms with Gasteiger partial charge in [0, 0.05) is 23.4 Å². The molecule has 2 amide bonds. The number of carbonyl (C=O) groups excluding carboxylic acids is 2. The number of carbonyl (C=O) groups is 2. The summed E-state index contributed by atoms with van der Waals surface area (Å²) < 4.78 is 0. The first-order chi connectivity index (χ1) is 17.0. The van der Waals surface area contributed by atoms with E-state index in [0.717, 1.165) is 24.0 Å². The minimum Gasteiger partial charge on any atom is -0.384 e. The van der Waals surface area contributed by atoms with Gasteiger partial charge in [0.25, 0.3) is 5.91 Å². The van der Waals surface area contributed by atoms with E-state index < -0.39 is 0 Å². The molecule has 35 heavy (non-hydrogen) atoms. The van der Waals surface area contributed by atoms with Crippen molar-refractivity contribution < 1.29 is 9.59 Å². The molecule has 1 saturated carbocycles. The van der Waals surface area contributed by atoms with Gasteiger partial charge in [-0.25, -0.2) is 0 Å². The number of hydrogen-bond acceptors (Lipinski definition) is 3. The van der Waals surface area contributed by atoms with Crippen molar-refractivity contribution in [1.29, 1.82) is 5.41 Å². The Bertz CT molecular complexity index is 1150. The average molecular weight is 469 g/mol. The molecule has 6 heteroatoms. The molecule has 1 aliphatic carbocycles. The van der Waals surface area contributed by atoms with Crippen molar-refractivity contribution in [1.82, 2.24) is 4.90 Å². The third kappa shape index (κ3) is 6.57. The Morgan fingerprint density at radius 3 is 2.06 bits per heavy atom. The number of hydrogen-bond donors (Lipinski definition) is 3. The van der Waals surface area contributed by atoms with Crippen LogP contribution in [0.5, 0.6) is 0 Å². The van der Waals surface area contributed by atoms with Crippen LogP contribution in [0.2, 0.25) is 0 Å². The van der Waals surface area contributed by atoms with E-state index >= 15 is 0 Å². The zero-order chi connectivity index (χ0) is 24.6. The molecule has 0 aliphatic heterocycles. The Hall–Kier alpha value is -3.93. The lowest BCUT2D eigenvalue weighted by atomic mass is 9.89. The van der Waals surface area contributed by atoms with Crippen LogP contribution in [-0.2, 0) is 4.79 Å².